The van der Waals surface area contributed by atoms with Crippen LogP contribution in [0.15, 0.2) is 30.3 Å². The molecule has 6 nitrogen and oxygen atoms in total. The van der Waals surface area contributed by atoms with Crippen LogP contribution < -0.4 is 5.48 Å². The van der Waals surface area contributed by atoms with Gasteiger partial charge in [0.1, 0.15) is 12.2 Å². The van der Waals surface area contributed by atoms with Crippen molar-refractivity contribution in [2.75, 3.05) is 0 Å². The molecule has 1 aromatic rings. The van der Waals surface area contributed by atoms with Crippen molar-refractivity contribution in [1.29, 1.82) is 0 Å². The molecule has 0 aliphatic rings. The second-order valence-corrected chi connectivity index (χ2v) is 6.93. The van der Waals surface area contributed by atoms with Gasteiger partial charge in [0.05, 0.1) is 0 Å². The minimum Gasteiger partial charge on any atom is -0.458 e. The lowest BCUT2D eigenvalue weighted by Gasteiger charge is -2.24. The molecule has 0 bridgehead atoms. The first-order chi connectivity index (χ1) is 11.2. The van der Waals surface area contributed by atoms with E-state index in [1.165, 1.54) is 0 Å². The zero-order valence-corrected chi connectivity index (χ0v) is 15.0. The lowest BCUT2D eigenvalue weighted by molar-refractivity contribution is -0.174. The Bertz CT molecular complexity index is 522. The fourth-order valence-corrected chi connectivity index (χ4v) is 1.86. The molecule has 0 spiro atoms. The molecule has 1 atom stereocenters. The number of hydrogen-bond acceptors (Lipinski definition) is 5. The van der Waals surface area contributed by atoms with E-state index in [-0.39, 0.29) is 12.5 Å². The maximum absolute atomic E-state index is 12.1. The molecule has 0 heterocycles. The first-order valence-electron chi connectivity index (χ1n) is 8.02. The van der Waals surface area contributed by atoms with Crippen LogP contribution in [0.5, 0.6) is 0 Å². The van der Waals surface area contributed by atoms with Gasteiger partial charge in [-0.05, 0) is 38.7 Å². The summed E-state index contributed by atoms with van der Waals surface area (Å²) in [5.41, 5.74) is 2.40. The predicted molar refractivity (Wildman–Crippen MR) is 89.9 cm³/mol. The maximum Gasteiger partial charge on any atom is 0.431 e. The Labute approximate surface area is 143 Å². The van der Waals surface area contributed by atoms with E-state index in [4.69, 9.17) is 14.3 Å². The van der Waals surface area contributed by atoms with E-state index in [1.807, 2.05) is 44.2 Å². The lowest BCUT2D eigenvalue weighted by Crippen LogP contribution is -2.39. The van der Waals surface area contributed by atoms with Crippen LogP contribution in [0.4, 0.5) is 4.79 Å². The smallest absolute Gasteiger partial charge is 0.431 e. The van der Waals surface area contributed by atoms with Crippen LogP contribution in [0.25, 0.3) is 0 Å². The molecule has 0 saturated heterocycles. The van der Waals surface area contributed by atoms with Crippen LogP contribution in [-0.4, -0.2) is 23.8 Å². The molecule has 6 heteroatoms. The quantitative estimate of drug-likeness (QED) is 0.608. The van der Waals surface area contributed by atoms with Gasteiger partial charge in [0.2, 0.25) is 0 Å². The first kappa shape index (κ1) is 20.0. The van der Waals surface area contributed by atoms with E-state index in [9.17, 15) is 9.59 Å². The summed E-state index contributed by atoms with van der Waals surface area (Å²) in [7, 11) is 0. The molecule has 134 valence electrons. The number of hydroxylamine groups is 1. The molecular weight excluding hydrogens is 310 g/mol. The number of benzene rings is 1. The highest BCUT2D eigenvalue weighted by Gasteiger charge is 2.28. The Balaban J connectivity index is 2.48. The van der Waals surface area contributed by atoms with Crippen molar-refractivity contribution in [3.8, 4) is 0 Å². The first-order valence-corrected chi connectivity index (χ1v) is 8.02. The van der Waals surface area contributed by atoms with Crippen LogP contribution in [0.1, 0.15) is 46.6 Å². The fraction of sp³-hybridized carbons (Fsp3) is 0.556. The van der Waals surface area contributed by atoms with E-state index in [2.05, 4.69) is 5.48 Å². The molecule has 0 aliphatic heterocycles. The number of carbonyl (C=O) groups is 2. The topological polar surface area (TPSA) is 73.9 Å². The number of hydrogen-bond donors (Lipinski definition) is 1. The normalized spacial score (nSPS) is 12.6. The van der Waals surface area contributed by atoms with Gasteiger partial charge in [0, 0.05) is 0 Å². The van der Waals surface area contributed by atoms with E-state index in [1.54, 1.807) is 20.8 Å². The van der Waals surface area contributed by atoms with Crippen LogP contribution in [0.3, 0.4) is 0 Å². The summed E-state index contributed by atoms with van der Waals surface area (Å²) in [6.07, 6.45) is -1.21. The average Bonchev–Trinajstić information content (AvgIpc) is 2.48. The van der Waals surface area contributed by atoms with Gasteiger partial charge < -0.3 is 9.47 Å². The highest BCUT2D eigenvalue weighted by Crippen LogP contribution is 2.14. The van der Waals surface area contributed by atoms with Gasteiger partial charge >= 0.3 is 12.1 Å². The van der Waals surface area contributed by atoms with Crippen molar-refractivity contribution in [3.63, 3.8) is 0 Å². The maximum atomic E-state index is 12.1. The second-order valence-electron chi connectivity index (χ2n) is 6.93. The molecular formula is C18H27NO5. The Kier molecular flexibility index (Phi) is 7.71. The van der Waals surface area contributed by atoms with Crippen molar-refractivity contribution in [2.24, 2.45) is 5.92 Å². The molecule has 0 radical (unpaired) electrons. The monoisotopic (exact) mass is 337 g/mol. The third-order valence-corrected chi connectivity index (χ3v) is 2.85. The Hall–Kier alpha value is -2.08. The predicted octanol–water partition coefficient (Wildman–Crippen LogP) is 3.60. The van der Waals surface area contributed by atoms with Gasteiger partial charge in [-0.15, -0.1) is 0 Å². The van der Waals surface area contributed by atoms with Gasteiger partial charge in [0.25, 0.3) is 0 Å². The summed E-state index contributed by atoms with van der Waals surface area (Å²) in [4.78, 5) is 29.1. The highest BCUT2D eigenvalue weighted by atomic mass is 16.7. The Morgan fingerprint density at radius 3 is 2.29 bits per heavy atom. The third-order valence-electron chi connectivity index (χ3n) is 2.85. The summed E-state index contributed by atoms with van der Waals surface area (Å²) in [6, 6.07) is 9.28. The average molecular weight is 337 g/mol. The van der Waals surface area contributed by atoms with Crippen LogP contribution in [0, 0.1) is 5.92 Å². The van der Waals surface area contributed by atoms with Gasteiger partial charge in [-0.25, -0.2) is 9.59 Å². The SMILES string of the molecule is CC(C)C[C@@H](ONC(=O)OCc1ccccc1)C(=O)OC(C)(C)C. The van der Waals surface area contributed by atoms with Crippen molar-refractivity contribution < 1.29 is 23.9 Å². The molecule has 1 aromatic carbocycles. The number of nitrogens with one attached hydrogen (secondary N) is 1. The molecule has 24 heavy (non-hydrogen) atoms. The van der Waals surface area contributed by atoms with Crippen LogP contribution >= 0.6 is 0 Å². The molecule has 0 fully saturated rings. The zero-order chi connectivity index (χ0) is 18.2. The van der Waals surface area contributed by atoms with Gasteiger partial charge in [-0.2, -0.15) is 5.48 Å². The highest BCUT2D eigenvalue weighted by molar-refractivity contribution is 5.75. The van der Waals surface area contributed by atoms with E-state index in [0.717, 1.165) is 5.56 Å². The lowest BCUT2D eigenvalue weighted by atomic mass is 10.1. The minimum absolute atomic E-state index is 0.122. The number of esters is 1. The summed E-state index contributed by atoms with van der Waals surface area (Å²) in [5, 5.41) is 0. The van der Waals surface area contributed by atoms with Crippen LogP contribution in [0.2, 0.25) is 0 Å². The number of ether oxygens (including phenoxy) is 2. The third kappa shape index (κ3) is 8.53. The van der Waals surface area contributed by atoms with Gasteiger partial charge in [-0.1, -0.05) is 44.2 Å². The molecule has 1 rings (SSSR count). The summed E-state index contributed by atoms with van der Waals surface area (Å²) >= 11 is 0. The van der Waals surface area contributed by atoms with Gasteiger partial charge in [0.15, 0.2) is 6.10 Å². The molecule has 0 aromatic heterocycles. The Morgan fingerprint density at radius 1 is 1.12 bits per heavy atom. The summed E-state index contributed by atoms with van der Waals surface area (Å²) < 4.78 is 10.3. The number of amides is 1. The molecule has 0 saturated carbocycles. The number of rotatable bonds is 7. The van der Waals surface area contributed by atoms with Crippen molar-refractivity contribution in [3.05, 3.63) is 35.9 Å². The second kappa shape index (κ2) is 9.27. The molecule has 1 N–H and O–H groups in total. The standard InChI is InChI=1S/C18H27NO5/c1-13(2)11-15(16(20)23-18(3,4)5)24-19-17(21)22-12-14-9-7-6-8-10-14/h6-10,13,15H,11-12H2,1-5H3,(H,19,21)/t15-/m1/s1. The van der Waals surface area contributed by atoms with Crippen molar-refractivity contribution in [1.82, 2.24) is 5.48 Å². The van der Waals surface area contributed by atoms with E-state index >= 15 is 0 Å². The fourth-order valence-electron chi connectivity index (χ4n) is 1.86. The molecule has 0 unspecified atom stereocenters. The zero-order valence-electron chi connectivity index (χ0n) is 15.0. The molecule has 0 aliphatic carbocycles. The summed E-state index contributed by atoms with van der Waals surface area (Å²) in [6.45, 7) is 9.36. The number of carbonyl (C=O) groups excluding carboxylic acids is 2. The van der Waals surface area contributed by atoms with E-state index < -0.39 is 23.8 Å². The molecule has 1 amide bonds. The Morgan fingerprint density at radius 2 is 1.75 bits per heavy atom. The van der Waals surface area contributed by atoms with Gasteiger partial charge in [-0.3, -0.25) is 4.84 Å². The largest absolute Gasteiger partial charge is 0.458 e. The van der Waals surface area contributed by atoms with Crippen molar-refractivity contribution in [2.45, 2.75) is 59.4 Å². The van der Waals surface area contributed by atoms with E-state index in [0.29, 0.717) is 6.42 Å². The van der Waals surface area contributed by atoms with Crippen molar-refractivity contribution >= 4 is 12.1 Å². The van der Waals surface area contributed by atoms with Crippen LogP contribution in [-0.2, 0) is 25.7 Å². The summed E-state index contributed by atoms with van der Waals surface area (Å²) in [5.74, 6) is -0.316. The minimum atomic E-state index is -0.881.